The maximum absolute atomic E-state index is 10.7. The summed E-state index contributed by atoms with van der Waals surface area (Å²) in [4.78, 5) is 0. The molecule has 0 radical (unpaired) electrons. The highest BCUT2D eigenvalue weighted by Gasteiger charge is 2.59. The zero-order valence-electron chi connectivity index (χ0n) is 19.3. The summed E-state index contributed by atoms with van der Waals surface area (Å²) in [7, 11) is 0. The molecule has 4 rings (SSSR count). The number of hydrogen-bond acceptors (Lipinski definition) is 1. The van der Waals surface area contributed by atoms with Crippen molar-refractivity contribution in [1.82, 2.24) is 0 Å². The Bertz CT molecular complexity index is 591. The standard InChI is InChI=1S/C27H46O/c1-18(2)8-6-9-19(3)21-13-14-22-20-11-12-24-25(28)10-7-16-26(24,4)23(20)15-17-27(21,22)5/h12,18-23,25,28H,6-11,13-17H2,1-5H3/t19-,20-,21+,22-,23-,25-,26-,27-/m1/s1. The van der Waals surface area contributed by atoms with Crippen molar-refractivity contribution in [3.63, 3.8) is 0 Å². The van der Waals surface area contributed by atoms with E-state index < -0.39 is 0 Å². The predicted octanol–water partition coefficient (Wildman–Crippen LogP) is 7.39. The van der Waals surface area contributed by atoms with Crippen LogP contribution >= 0.6 is 0 Å². The molecule has 1 heteroatoms. The van der Waals surface area contributed by atoms with Crippen molar-refractivity contribution in [3.05, 3.63) is 11.6 Å². The zero-order valence-corrected chi connectivity index (χ0v) is 19.3. The molecule has 0 unspecified atom stereocenters. The fraction of sp³-hybridized carbons (Fsp3) is 0.926. The fourth-order valence-electron chi connectivity index (χ4n) is 8.81. The van der Waals surface area contributed by atoms with Crippen LogP contribution in [0.5, 0.6) is 0 Å². The molecule has 4 aliphatic carbocycles. The molecule has 0 aromatic rings. The zero-order chi connectivity index (χ0) is 20.1. The summed E-state index contributed by atoms with van der Waals surface area (Å²) < 4.78 is 0. The SMILES string of the molecule is CC(C)CCC[C@@H](C)[C@@H]1CC[C@@H]2[C@H]3CC=C4[C@H](O)CCC[C@]4(C)[C@@H]3CC[C@@]21C. The molecular weight excluding hydrogens is 340 g/mol. The predicted molar refractivity (Wildman–Crippen MR) is 119 cm³/mol. The maximum Gasteiger partial charge on any atom is 0.0755 e. The Morgan fingerprint density at radius 3 is 2.54 bits per heavy atom. The molecule has 0 aliphatic heterocycles. The first-order chi connectivity index (χ1) is 13.3. The Kier molecular flexibility index (Phi) is 5.80. The third-order valence-corrected chi connectivity index (χ3v) is 10.3. The highest BCUT2D eigenvalue weighted by molar-refractivity contribution is 5.27. The van der Waals surface area contributed by atoms with Crippen LogP contribution in [0, 0.1) is 46.3 Å². The molecule has 1 N–H and O–H groups in total. The Balaban J connectivity index is 1.50. The first-order valence-corrected chi connectivity index (χ1v) is 12.7. The third kappa shape index (κ3) is 3.32. The van der Waals surface area contributed by atoms with Gasteiger partial charge in [-0.1, -0.05) is 60.0 Å². The van der Waals surface area contributed by atoms with E-state index in [0.29, 0.717) is 10.8 Å². The van der Waals surface area contributed by atoms with Crippen molar-refractivity contribution in [2.24, 2.45) is 46.3 Å². The molecule has 3 fully saturated rings. The lowest BCUT2D eigenvalue weighted by atomic mass is 9.47. The summed E-state index contributed by atoms with van der Waals surface area (Å²) in [6.07, 6.45) is 17.2. The number of rotatable bonds is 5. The van der Waals surface area contributed by atoms with Crippen LogP contribution in [0.25, 0.3) is 0 Å². The molecule has 160 valence electrons. The first kappa shape index (κ1) is 21.0. The van der Waals surface area contributed by atoms with Crippen LogP contribution in [-0.4, -0.2) is 11.2 Å². The monoisotopic (exact) mass is 386 g/mol. The van der Waals surface area contributed by atoms with Gasteiger partial charge in [-0.05, 0) is 103 Å². The summed E-state index contributed by atoms with van der Waals surface area (Å²) in [6, 6.07) is 0. The average molecular weight is 387 g/mol. The van der Waals surface area contributed by atoms with Crippen LogP contribution < -0.4 is 0 Å². The van der Waals surface area contributed by atoms with Crippen LogP contribution in [0.3, 0.4) is 0 Å². The molecule has 0 saturated heterocycles. The molecule has 28 heavy (non-hydrogen) atoms. The number of fused-ring (bicyclic) bond motifs is 5. The van der Waals surface area contributed by atoms with Crippen molar-refractivity contribution in [1.29, 1.82) is 0 Å². The molecule has 0 aromatic carbocycles. The Morgan fingerprint density at radius 2 is 1.79 bits per heavy atom. The van der Waals surface area contributed by atoms with Gasteiger partial charge in [0.1, 0.15) is 0 Å². The van der Waals surface area contributed by atoms with Gasteiger partial charge in [0, 0.05) is 0 Å². The normalized spacial score (nSPS) is 46.5. The molecular formula is C27H46O. The van der Waals surface area contributed by atoms with Crippen molar-refractivity contribution in [2.45, 2.75) is 111 Å². The topological polar surface area (TPSA) is 20.2 Å². The maximum atomic E-state index is 10.7. The minimum atomic E-state index is -0.148. The molecule has 8 atom stereocenters. The van der Waals surface area contributed by atoms with Crippen LogP contribution in [0.2, 0.25) is 0 Å². The van der Waals surface area contributed by atoms with Crippen molar-refractivity contribution >= 4 is 0 Å². The van der Waals surface area contributed by atoms with Crippen molar-refractivity contribution in [2.75, 3.05) is 0 Å². The van der Waals surface area contributed by atoms with Gasteiger partial charge in [-0.2, -0.15) is 0 Å². The molecule has 0 aromatic heterocycles. The molecule has 0 bridgehead atoms. The molecule has 0 spiro atoms. The van der Waals surface area contributed by atoms with Gasteiger partial charge in [0.15, 0.2) is 0 Å². The number of allylic oxidation sites excluding steroid dienone is 1. The van der Waals surface area contributed by atoms with Crippen molar-refractivity contribution in [3.8, 4) is 0 Å². The first-order valence-electron chi connectivity index (χ1n) is 12.7. The van der Waals surface area contributed by atoms with E-state index in [1.807, 2.05) is 0 Å². The van der Waals surface area contributed by atoms with E-state index in [1.54, 1.807) is 0 Å². The summed E-state index contributed by atoms with van der Waals surface area (Å²) in [6.45, 7) is 12.5. The van der Waals surface area contributed by atoms with Gasteiger partial charge < -0.3 is 5.11 Å². The molecule has 0 heterocycles. The van der Waals surface area contributed by atoms with Crippen LogP contribution in [0.15, 0.2) is 11.6 Å². The van der Waals surface area contributed by atoms with Crippen LogP contribution in [0.1, 0.15) is 105 Å². The second-order valence-electron chi connectivity index (χ2n) is 12.1. The minimum absolute atomic E-state index is 0.148. The second-order valence-corrected chi connectivity index (χ2v) is 12.1. The molecule has 1 nitrogen and oxygen atoms in total. The molecule has 0 amide bonds. The van der Waals surface area contributed by atoms with Gasteiger partial charge in [0.2, 0.25) is 0 Å². The fourth-order valence-corrected chi connectivity index (χ4v) is 8.81. The van der Waals surface area contributed by atoms with Gasteiger partial charge in [0.25, 0.3) is 0 Å². The van der Waals surface area contributed by atoms with E-state index in [4.69, 9.17) is 0 Å². The summed E-state index contributed by atoms with van der Waals surface area (Å²) in [5, 5.41) is 10.7. The lowest BCUT2D eigenvalue weighted by molar-refractivity contribution is -0.0590. The highest BCUT2D eigenvalue weighted by Crippen LogP contribution is 2.67. The average Bonchev–Trinajstić information content (AvgIpc) is 2.98. The Morgan fingerprint density at radius 1 is 1.00 bits per heavy atom. The lowest BCUT2D eigenvalue weighted by Crippen LogP contribution is -2.51. The van der Waals surface area contributed by atoms with Crippen LogP contribution in [0.4, 0.5) is 0 Å². The molecule has 4 aliphatic rings. The highest BCUT2D eigenvalue weighted by atomic mass is 16.3. The van der Waals surface area contributed by atoms with Crippen molar-refractivity contribution < 1.29 is 5.11 Å². The minimum Gasteiger partial charge on any atom is -0.389 e. The van der Waals surface area contributed by atoms with Gasteiger partial charge in [-0.25, -0.2) is 0 Å². The summed E-state index contributed by atoms with van der Waals surface area (Å²) in [5.74, 6) is 5.33. The van der Waals surface area contributed by atoms with E-state index in [2.05, 4.69) is 40.7 Å². The van der Waals surface area contributed by atoms with Gasteiger partial charge in [-0.15, -0.1) is 0 Å². The molecule has 3 saturated carbocycles. The van der Waals surface area contributed by atoms with Gasteiger partial charge in [0.05, 0.1) is 6.10 Å². The van der Waals surface area contributed by atoms with E-state index >= 15 is 0 Å². The largest absolute Gasteiger partial charge is 0.389 e. The number of hydrogen-bond donors (Lipinski definition) is 1. The third-order valence-electron chi connectivity index (χ3n) is 10.3. The van der Waals surface area contributed by atoms with E-state index in [1.165, 1.54) is 69.8 Å². The van der Waals surface area contributed by atoms with Crippen LogP contribution in [-0.2, 0) is 0 Å². The Labute approximate surface area is 174 Å². The van der Waals surface area contributed by atoms with Gasteiger partial charge >= 0.3 is 0 Å². The van der Waals surface area contributed by atoms with E-state index in [9.17, 15) is 5.11 Å². The second kappa shape index (κ2) is 7.75. The van der Waals surface area contributed by atoms with E-state index in [-0.39, 0.29) is 6.10 Å². The number of aliphatic hydroxyl groups is 1. The van der Waals surface area contributed by atoms with Gasteiger partial charge in [-0.3, -0.25) is 0 Å². The Hall–Kier alpha value is -0.300. The smallest absolute Gasteiger partial charge is 0.0755 e. The summed E-state index contributed by atoms with van der Waals surface area (Å²) in [5.41, 5.74) is 2.30. The lowest BCUT2D eigenvalue weighted by Gasteiger charge is -2.58. The quantitative estimate of drug-likeness (QED) is 0.488. The van der Waals surface area contributed by atoms with E-state index in [0.717, 1.165) is 41.9 Å². The summed E-state index contributed by atoms with van der Waals surface area (Å²) >= 11 is 0. The number of aliphatic hydroxyl groups excluding tert-OH is 1.